The molecule has 5 nitrogen and oxygen atoms in total. The van der Waals surface area contributed by atoms with Gasteiger partial charge in [-0.3, -0.25) is 4.90 Å². The summed E-state index contributed by atoms with van der Waals surface area (Å²) in [6.45, 7) is 6.98. The monoisotopic (exact) mass is 387 g/mol. The largest absolute Gasteiger partial charge is 0.497 e. The predicted octanol–water partition coefficient (Wildman–Crippen LogP) is 3.99. The molecule has 2 aromatic rings. The molecule has 0 bridgehead atoms. The number of ether oxygens (including phenoxy) is 3. The van der Waals surface area contributed by atoms with Crippen molar-refractivity contribution in [2.45, 2.75) is 32.9 Å². The van der Waals surface area contributed by atoms with Gasteiger partial charge >= 0.3 is 0 Å². The van der Waals surface area contributed by atoms with Crippen molar-refractivity contribution in [1.82, 2.24) is 4.90 Å². The number of rotatable bonds is 12. The van der Waals surface area contributed by atoms with Gasteiger partial charge in [-0.05, 0) is 60.8 Å². The van der Waals surface area contributed by atoms with Gasteiger partial charge in [0.1, 0.15) is 30.0 Å². The van der Waals surface area contributed by atoms with Crippen LogP contribution in [0.1, 0.15) is 25.8 Å². The van der Waals surface area contributed by atoms with E-state index in [0.717, 1.165) is 36.8 Å². The van der Waals surface area contributed by atoms with Crippen LogP contribution in [0.4, 0.5) is 0 Å². The molecule has 0 fully saturated rings. The van der Waals surface area contributed by atoms with Crippen LogP contribution in [0.2, 0.25) is 0 Å². The summed E-state index contributed by atoms with van der Waals surface area (Å²) in [5.41, 5.74) is 1.20. The normalized spacial score (nSPS) is 12.2. The van der Waals surface area contributed by atoms with Crippen molar-refractivity contribution in [1.29, 1.82) is 0 Å². The molecular formula is C23H33NO4. The third-order valence-corrected chi connectivity index (χ3v) is 4.56. The second-order valence-electron chi connectivity index (χ2n) is 7.41. The van der Waals surface area contributed by atoms with E-state index >= 15 is 0 Å². The number of nitrogens with zero attached hydrogens (tertiary/aromatic N) is 1. The van der Waals surface area contributed by atoms with Gasteiger partial charge in [-0.15, -0.1) is 0 Å². The van der Waals surface area contributed by atoms with Crippen molar-refractivity contribution in [3.63, 3.8) is 0 Å². The van der Waals surface area contributed by atoms with Gasteiger partial charge in [0.2, 0.25) is 0 Å². The minimum atomic E-state index is -0.562. The molecule has 154 valence electrons. The summed E-state index contributed by atoms with van der Waals surface area (Å²) in [6.07, 6.45) is 0.523. The van der Waals surface area contributed by atoms with E-state index in [1.165, 1.54) is 5.56 Å². The first kappa shape index (κ1) is 22.1. The average Bonchev–Trinajstić information content (AvgIpc) is 2.71. The van der Waals surface area contributed by atoms with E-state index in [-0.39, 0.29) is 6.61 Å². The summed E-state index contributed by atoms with van der Waals surface area (Å²) in [7, 11) is 3.30. The molecule has 0 saturated carbocycles. The molecule has 1 unspecified atom stereocenters. The zero-order chi connectivity index (χ0) is 20.4. The number of benzene rings is 2. The van der Waals surface area contributed by atoms with Gasteiger partial charge in [0.05, 0.1) is 14.2 Å². The van der Waals surface area contributed by atoms with Gasteiger partial charge in [-0.1, -0.05) is 26.0 Å². The van der Waals surface area contributed by atoms with Gasteiger partial charge in [0, 0.05) is 13.1 Å². The maximum atomic E-state index is 10.5. The molecule has 0 saturated heterocycles. The molecule has 0 heterocycles. The van der Waals surface area contributed by atoms with Crippen molar-refractivity contribution in [2.24, 2.45) is 5.92 Å². The minimum absolute atomic E-state index is 0.257. The number of hydrogen-bond donors (Lipinski definition) is 1. The Hall–Kier alpha value is -2.24. The molecule has 2 aromatic carbocycles. The predicted molar refractivity (Wildman–Crippen MR) is 112 cm³/mol. The van der Waals surface area contributed by atoms with Crippen LogP contribution < -0.4 is 14.2 Å². The summed E-state index contributed by atoms with van der Waals surface area (Å²) in [5, 5.41) is 10.5. The second-order valence-corrected chi connectivity index (χ2v) is 7.41. The Bertz CT molecular complexity index is 670. The van der Waals surface area contributed by atoms with E-state index in [2.05, 4.69) is 30.9 Å². The zero-order valence-corrected chi connectivity index (χ0v) is 17.4. The molecule has 1 N–H and O–H groups in total. The Morgan fingerprint density at radius 3 is 1.93 bits per heavy atom. The van der Waals surface area contributed by atoms with E-state index in [4.69, 9.17) is 14.2 Å². The lowest BCUT2D eigenvalue weighted by Crippen LogP contribution is -2.36. The van der Waals surface area contributed by atoms with Gasteiger partial charge in [0.25, 0.3) is 0 Å². The van der Waals surface area contributed by atoms with E-state index in [0.29, 0.717) is 12.5 Å². The van der Waals surface area contributed by atoms with Crippen LogP contribution in [0, 0.1) is 5.92 Å². The highest BCUT2D eigenvalue weighted by molar-refractivity contribution is 5.31. The van der Waals surface area contributed by atoms with Gasteiger partial charge < -0.3 is 19.3 Å². The van der Waals surface area contributed by atoms with Crippen LogP contribution in [0.15, 0.2) is 48.5 Å². The molecule has 0 aromatic heterocycles. The number of hydrogen-bond acceptors (Lipinski definition) is 5. The first-order chi connectivity index (χ1) is 13.5. The Morgan fingerprint density at radius 1 is 0.857 bits per heavy atom. The number of aliphatic hydroxyl groups is 1. The van der Waals surface area contributed by atoms with Gasteiger partial charge in [-0.25, -0.2) is 0 Å². The maximum Gasteiger partial charge on any atom is 0.119 e. The first-order valence-electron chi connectivity index (χ1n) is 9.80. The summed E-state index contributed by atoms with van der Waals surface area (Å²) in [6, 6.07) is 15.5. The van der Waals surface area contributed by atoms with Gasteiger partial charge in [0.15, 0.2) is 0 Å². The molecule has 0 aliphatic carbocycles. The van der Waals surface area contributed by atoms with Crippen LogP contribution in [0.5, 0.6) is 17.2 Å². The molecule has 5 heteroatoms. The molecule has 1 atom stereocenters. The SMILES string of the molecule is COc1ccc(CN(CCC(C)C)CC(O)COc2ccc(OC)cc2)cc1. The standard InChI is InChI=1S/C23H33NO4/c1-18(2)13-14-24(15-19-5-7-21(26-3)8-6-19)16-20(25)17-28-23-11-9-22(27-4)10-12-23/h5-12,18,20,25H,13-17H2,1-4H3. The highest BCUT2D eigenvalue weighted by Crippen LogP contribution is 2.18. The van der Waals surface area contributed by atoms with Crippen LogP contribution >= 0.6 is 0 Å². The molecule has 0 amide bonds. The second kappa shape index (κ2) is 11.6. The molecular weight excluding hydrogens is 354 g/mol. The molecule has 0 radical (unpaired) electrons. The fourth-order valence-corrected chi connectivity index (χ4v) is 2.88. The molecule has 0 aliphatic heterocycles. The van der Waals surface area contributed by atoms with Crippen LogP contribution in [0.25, 0.3) is 0 Å². The average molecular weight is 388 g/mol. The Morgan fingerprint density at radius 2 is 1.39 bits per heavy atom. The molecule has 0 spiro atoms. The van der Waals surface area contributed by atoms with E-state index in [9.17, 15) is 5.11 Å². The maximum absolute atomic E-state index is 10.5. The number of aliphatic hydroxyl groups excluding tert-OH is 1. The third kappa shape index (κ3) is 7.79. The lowest BCUT2D eigenvalue weighted by molar-refractivity contribution is 0.0639. The molecule has 0 aliphatic rings. The van der Waals surface area contributed by atoms with E-state index in [1.54, 1.807) is 14.2 Å². The fourth-order valence-electron chi connectivity index (χ4n) is 2.88. The fraction of sp³-hybridized carbons (Fsp3) is 0.478. The quantitative estimate of drug-likeness (QED) is 0.597. The Kier molecular flexibility index (Phi) is 9.11. The van der Waals surface area contributed by atoms with Crippen LogP contribution in [-0.4, -0.2) is 50.0 Å². The lowest BCUT2D eigenvalue weighted by atomic mass is 10.1. The lowest BCUT2D eigenvalue weighted by Gasteiger charge is -2.26. The Labute approximate surface area is 168 Å². The van der Waals surface area contributed by atoms with Crippen LogP contribution in [-0.2, 0) is 6.54 Å². The highest BCUT2D eigenvalue weighted by atomic mass is 16.5. The van der Waals surface area contributed by atoms with Crippen molar-refractivity contribution < 1.29 is 19.3 Å². The first-order valence-corrected chi connectivity index (χ1v) is 9.80. The Balaban J connectivity index is 1.89. The van der Waals surface area contributed by atoms with E-state index < -0.39 is 6.10 Å². The minimum Gasteiger partial charge on any atom is -0.497 e. The van der Waals surface area contributed by atoms with Crippen molar-refractivity contribution in [3.05, 3.63) is 54.1 Å². The topological polar surface area (TPSA) is 51.2 Å². The van der Waals surface area contributed by atoms with Crippen molar-refractivity contribution >= 4 is 0 Å². The summed E-state index contributed by atoms with van der Waals surface area (Å²) < 4.78 is 16.1. The molecule has 2 rings (SSSR count). The van der Waals surface area contributed by atoms with Gasteiger partial charge in [-0.2, -0.15) is 0 Å². The van der Waals surface area contributed by atoms with Crippen molar-refractivity contribution in [3.8, 4) is 17.2 Å². The van der Waals surface area contributed by atoms with Crippen molar-refractivity contribution in [2.75, 3.05) is 33.9 Å². The van der Waals surface area contributed by atoms with E-state index in [1.807, 2.05) is 36.4 Å². The smallest absolute Gasteiger partial charge is 0.119 e. The number of methoxy groups -OCH3 is 2. The van der Waals surface area contributed by atoms with Crippen LogP contribution in [0.3, 0.4) is 0 Å². The zero-order valence-electron chi connectivity index (χ0n) is 17.4. The molecule has 28 heavy (non-hydrogen) atoms. The summed E-state index contributed by atoms with van der Waals surface area (Å²) in [4.78, 5) is 2.28. The highest BCUT2D eigenvalue weighted by Gasteiger charge is 2.14. The third-order valence-electron chi connectivity index (χ3n) is 4.56. The summed E-state index contributed by atoms with van der Waals surface area (Å²) >= 11 is 0. The summed E-state index contributed by atoms with van der Waals surface area (Å²) in [5.74, 6) is 2.98.